The zero-order chi connectivity index (χ0) is 20.1. The van der Waals surface area contributed by atoms with Crippen LogP contribution in [-0.2, 0) is 10.9 Å². The highest BCUT2D eigenvalue weighted by atomic mass is 19.4. The standard InChI is InChI=1S/C19H14F3N3O3/c1-2-27-18(26)15-17(23-16(25-24-15)12-7-4-3-5-8-12)28-14-10-6-9-13(11-14)19(20,21)22/h3-11H,2H2,1H3. The van der Waals surface area contributed by atoms with E-state index in [0.29, 0.717) is 5.56 Å². The molecule has 1 aromatic heterocycles. The summed E-state index contributed by atoms with van der Waals surface area (Å²) in [5, 5.41) is 7.70. The van der Waals surface area contributed by atoms with Crippen LogP contribution in [0.5, 0.6) is 11.6 Å². The quantitative estimate of drug-likeness (QED) is 0.597. The summed E-state index contributed by atoms with van der Waals surface area (Å²) in [6, 6.07) is 13.0. The van der Waals surface area contributed by atoms with E-state index in [0.717, 1.165) is 12.1 Å². The second kappa shape index (κ2) is 8.03. The molecule has 0 N–H and O–H groups in total. The molecule has 0 aliphatic heterocycles. The van der Waals surface area contributed by atoms with Crippen molar-refractivity contribution in [2.75, 3.05) is 6.61 Å². The minimum atomic E-state index is -4.54. The molecule has 0 aliphatic carbocycles. The first-order valence-electron chi connectivity index (χ1n) is 8.21. The van der Waals surface area contributed by atoms with Crippen LogP contribution in [0.1, 0.15) is 23.0 Å². The van der Waals surface area contributed by atoms with E-state index in [1.165, 1.54) is 12.1 Å². The van der Waals surface area contributed by atoms with Crippen LogP contribution in [0.4, 0.5) is 13.2 Å². The van der Waals surface area contributed by atoms with Gasteiger partial charge >= 0.3 is 12.1 Å². The molecule has 6 nitrogen and oxygen atoms in total. The molecule has 0 unspecified atom stereocenters. The van der Waals surface area contributed by atoms with Crippen molar-refractivity contribution in [1.82, 2.24) is 15.2 Å². The van der Waals surface area contributed by atoms with Gasteiger partial charge in [-0.3, -0.25) is 0 Å². The lowest BCUT2D eigenvalue weighted by Crippen LogP contribution is -2.12. The molecule has 0 aliphatic rings. The molecule has 0 fully saturated rings. The Labute approximate surface area is 158 Å². The van der Waals surface area contributed by atoms with Crippen LogP contribution in [-0.4, -0.2) is 27.8 Å². The van der Waals surface area contributed by atoms with E-state index in [2.05, 4.69) is 15.2 Å². The number of aromatic nitrogens is 3. The summed E-state index contributed by atoms with van der Waals surface area (Å²) in [6.45, 7) is 1.67. The van der Waals surface area contributed by atoms with Gasteiger partial charge in [0.05, 0.1) is 12.2 Å². The Morgan fingerprint density at radius 3 is 2.46 bits per heavy atom. The summed E-state index contributed by atoms with van der Waals surface area (Å²) in [7, 11) is 0. The number of carbonyl (C=O) groups is 1. The highest BCUT2D eigenvalue weighted by molar-refractivity contribution is 5.89. The maximum Gasteiger partial charge on any atom is 0.416 e. The molecule has 0 amide bonds. The third-order valence-electron chi connectivity index (χ3n) is 3.53. The van der Waals surface area contributed by atoms with Gasteiger partial charge < -0.3 is 9.47 Å². The predicted molar refractivity (Wildman–Crippen MR) is 92.7 cm³/mol. The van der Waals surface area contributed by atoms with E-state index in [1.807, 2.05) is 0 Å². The van der Waals surface area contributed by atoms with Gasteiger partial charge in [-0.2, -0.15) is 18.2 Å². The lowest BCUT2D eigenvalue weighted by Gasteiger charge is -2.11. The molecular formula is C19H14F3N3O3. The number of esters is 1. The molecule has 28 heavy (non-hydrogen) atoms. The Morgan fingerprint density at radius 1 is 1.04 bits per heavy atom. The number of alkyl halides is 3. The van der Waals surface area contributed by atoms with Crippen LogP contribution < -0.4 is 4.74 Å². The van der Waals surface area contributed by atoms with E-state index in [4.69, 9.17) is 9.47 Å². The van der Waals surface area contributed by atoms with Gasteiger partial charge in [-0.25, -0.2) is 4.79 Å². The molecule has 0 saturated heterocycles. The van der Waals surface area contributed by atoms with Crippen LogP contribution in [0.15, 0.2) is 54.6 Å². The van der Waals surface area contributed by atoms with Gasteiger partial charge in [0.1, 0.15) is 5.75 Å². The van der Waals surface area contributed by atoms with Gasteiger partial charge in [0.25, 0.3) is 5.88 Å². The smallest absolute Gasteiger partial charge is 0.416 e. The molecular weight excluding hydrogens is 375 g/mol. The second-order valence-electron chi connectivity index (χ2n) is 5.50. The Hall–Kier alpha value is -3.49. The number of halogens is 3. The molecule has 3 rings (SSSR count). The Morgan fingerprint density at radius 2 is 1.79 bits per heavy atom. The van der Waals surface area contributed by atoms with Crippen LogP contribution in [0.3, 0.4) is 0 Å². The molecule has 0 bridgehead atoms. The van der Waals surface area contributed by atoms with E-state index in [9.17, 15) is 18.0 Å². The van der Waals surface area contributed by atoms with Crippen LogP contribution in [0, 0.1) is 0 Å². The number of benzene rings is 2. The van der Waals surface area contributed by atoms with Gasteiger partial charge in [-0.1, -0.05) is 36.4 Å². The van der Waals surface area contributed by atoms with Crippen molar-refractivity contribution >= 4 is 5.97 Å². The second-order valence-corrected chi connectivity index (χ2v) is 5.50. The lowest BCUT2D eigenvalue weighted by atomic mass is 10.2. The van der Waals surface area contributed by atoms with E-state index in [1.54, 1.807) is 37.3 Å². The van der Waals surface area contributed by atoms with Crippen molar-refractivity contribution in [3.8, 4) is 23.0 Å². The molecule has 0 spiro atoms. The topological polar surface area (TPSA) is 74.2 Å². The van der Waals surface area contributed by atoms with Gasteiger partial charge in [0.2, 0.25) is 5.69 Å². The zero-order valence-electron chi connectivity index (χ0n) is 14.6. The molecule has 2 aromatic carbocycles. The van der Waals surface area contributed by atoms with Crippen LogP contribution in [0.25, 0.3) is 11.4 Å². The largest absolute Gasteiger partial charge is 0.461 e. The highest BCUT2D eigenvalue weighted by Gasteiger charge is 2.31. The maximum atomic E-state index is 12.9. The fourth-order valence-corrected chi connectivity index (χ4v) is 2.27. The van der Waals surface area contributed by atoms with Gasteiger partial charge in [-0.05, 0) is 25.1 Å². The average molecular weight is 389 g/mol. The van der Waals surface area contributed by atoms with Crippen molar-refractivity contribution in [1.29, 1.82) is 0 Å². The number of hydrogen-bond acceptors (Lipinski definition) is 6. The third-order valence-corrected chi connectivity index (χ3v) is 3.53. The first kappa shape index (κ1) is 19.3. The van der Waals surface area contributed by atoms with Crippen molar-refractivity contribution < 1.29 is 27.4 Å². The molecule has 9 heteroatoms. The molecule has 3 aromatic rings. The fraction of sp³-hybridized carbons (Fsp3) is 0.158. The highest BCUT2D eigenvalue weighted by Crippen LogP contribution is 2.33. The normalized spacial score (nSPS) is 11.1. The summed E-state index contributed by atoms with van der Waals surface area (Å²) >= 11 is 0. The summed E-state index contributed by atoms with van der Waals surface area (Å²) < 4.78 is 49.1. The number of ether oxygens (including phenoxy) is 2. The molecule has 0 atom stereocenters. The molecule has 0 saturated carbocycles. The van der Waals surface area contributed by atoms with E-state index >= 15 is 0 Å². The van der Waals surface area contributed by atoms with Crippen molar-refractivity contribution in [3.63, 3.8) is 0 Å². The van der Waals surface area contributed by atoms with Gasteiger partial charge in [0, 0.05) is 5.56 Å². The van der Waals surface area contributed by atoms with Crippen LogP contribution in [0.2, 0.25) is 0 Å². The summed E-state index contributed by atoms with van der Waals surface area (Å²) in [5.41, 5.74) is -0.633. The van der Waals surface area contributed by atoms with Crippen molar-refractivity contribution in [2.24, 2.45) is 0 Å². The van der Waals surface area contributed by atoms with E-state index in [-0.39, 0.29) is 29.8 Å². The van der Waals surface area contributed by atoms with Gasteiger partial charge in [0.15, 0.2) is 5.82 Å². The zero-order valence-corrected chi connectivity index (χ0v) is 14.6. The maximum absolute atomic E-state index is 12.9. The predicted octanol–water partition coefficient (Wildman–Crippen LogP) is 4.53. The molecule has 1 heterocycles. The molecule has 0 radical (unpaired) electrons. The number of hydrogen-bond donors (Lipinski definition) is 0. The third kappa shape index (κ3) is 4.43. The van der Waals surface area contributed by atoms with Crippen LogP contribution >= 0.6 is 0 Å². The first-order valence-corrected chi connectivity index (χ1v) is 8.21. The number of nitrogens with zero attached hydrogens (tertiary/aromatic N) is 3. The fourth-order valence-electron chi connectivity index (χ4n) is 2.27. The summed E-state index contributed by atoms with van der Waals surface area (Å²) in [5.74, 6) is -1.15. The number of rotatable bonds is 5. The van der Waals surface area contributed by atoms with Crippen molar-refractivity contribution in [3.05, 3.63) is 65.9 Å². The average Bonchev–Trinajstić information content (AvgIpc) is 2.68. The minimum Gasteiger partial charge on any atom is -0.461 e. The van der Waals surface area contributed by atoms with Gasteiger partial charge in [-0.15, -0.1) is 10.2 Å². The summed E-state index contributed by atoms with van der Waals surface area (Å²) in [4.78, 5) is 16.3. The number of carbonyl (C=O) groups excluding carboxylic acids is 1. The summed E-state index contributed by atoms with van der Waals surface area (Å²) in [6.07, 6.45) is -4.54. The first-order chi connectivity index (χ1) is 13.4. The minimum absolute atomic E-state index is 0.0734. The SMILES string of the molecule is CCOC(=O)c1nnc(-c2ccccc2)nc1Oc1cccc(C(F)(F)F)c1. The monoisotopic (exact) mass is 389 g/mol. The van der Waals surface area contributed by atoms with Crippen molar-refractivity contribution in [2.45, 2.75) is 13.1 Å². The Balaban J connectivity index is 2.02. The lowest BCUT2D eigenvalue weighted by molar-refractivity contribution is -0.137. The molecule has 144 valence electrons. The Bertz CT molecular complexity index is 979. The Kier molecular flexibility index (Phi) is 5.53. The van der Waals surface area contributed by atoms with E-state index < -0.39 is 17.7 Å².